The van der Waals surface area contributed by atoms with Crippen LogP contribution in [0.5, 0.6) is 0 Å². The molecule has 0 bridgehead atoms. The lowest BCUT2D eigenvalue weighted by Gasteiger charge is -2.43. The normalized spacial score (nSPS) is 14.0. The van der Waals surface area contributed by atoms with Crippen molar-refractivity contribution >= 4 is 17.2 Å². The molecule has 0 unspecified atom stereocenters. The summed E-state index contributed by atoms with van der Waals surface area (Å²) in [5.74, 6) is 2.16. The van der Waals surface area contributed by atoms with Crippen LogP contribution in [0.2, 0.25) is 0 Å². The molecule has 2 aromatic heterocycles. The molecule has 3 heterocycles. The van der Waals surface area contributed by atoms with E-state index in [-0.39, 0.29) is 16.9 Å². The molecule has 0 radical (unpaired) electrons. The molecule has 0 saturated heterocycles. The summed E-state index contributed by atoms with van der Waals surface area (Å²) in [5, 5.41) is 0. The summed E-state index contributed by atoms with van der Waals surface area (Å²) in [6, 6.07) is 92.6. The first-order valence-electron chi connectivity index (χ1n) is 29.0. The topological polar surface area (TPSA) is 67.2 Å². The number of hydrogen-bond acceptors (Lipinski definition) is 5. The highest BCUT2D eigenvalue weighted by Crippen LogP contribution is 2.57. The SMILES string of the molecule is C/C(=N\[C@@H](C)c1ccccc1)N1c2ccc(-c3cccc(-c4cc(-c5nc(-c6ccccc6)cc(-c6ccccc6)n5)cc(-c5nc(-c6ccccc6)cc(-c6ccccc6)n5)c4)c3)cc2C(C)(C)c2cc3c(cc21)C(C)(C)c1ccccc1-3. The summed E-state index contributed by atoms with van der Waals surface area (Å²) in [6.45, 7) is 13.9. The number of aromatic nitrogens is 4. The Labute approximate surface area is 492 Å². The van der Waals surface area contributed by atoms with Crippen LogP contribution < -0.4 is 4.90 Å². The third-order valence-electron chi connectivity index (χ3n) is 17.2. The Hall–Kier alpha value is -10.2. The molecule has 0 fully saturated rings. The van der Waals surface area contributed by atoms with Crippen molar-refractivity contribution in [1.82, 2.24) is 19.9 Å². The average Bonchev–Trinajstić information content (AvgIpc) is 3.03. The van der Waals surface area contributed by atoms with Crippen molar-refractivity contribution in [2.45, 2.75) is 58.4 Å². The summed E-state index contributed by atoms with van der Waals surface area (Å²) in [6.07, 6.45) is 0. The highest BCUT2D eigenvalue weighted by molar-refractivity contribution is 6.07. The fraction of sp³-hybridized carbons (Fsp3) is 0.115. The second-order valence-corrected chi connectivity index (χ2v) is 23.3. The molecule has 1 aliphatic heterocycles. The Bertz CT molecular complexity index is 4230. The van der Waals surface area contributed by atoms with Gasteiger partial charge in [-0.05, 0) is 136 Å². The van der Waals surface area contributed by atoms with E-state index in [1.807, 2.05) is 24.3 Å². The number of nitrogens with zero attached hydrogens (tertiary/aromatic N) is 6. The Morgan fingerprint density at radius 1 is 0.333 bits per heavy atom. The molecule has 2 aliphatic rings. The van der Waals surface area contributed by atoms with Crippen molar-refractivity contribution in [3.8, 4) is 101 Å². The van der Waals surface area contributed by atoms with Gasteiger partial charge >= 0.3 is 0 Å². The first kappa shape index (κ1) is 51.9. The van der Waals surface area contributed by atoms with Gasteiger partial charge in [-0.2, -0.15) is 0 Å². The third-order valence-corrected chi connectivity index (χ3v) is 17.2. The molecule has 404 valence electrons. The lowest BCUT2D eigenvalue weighted by atomic mass is 9.71. The molecule has 0 saturated carbocycles. The van der Waals surface area contributed by atoms with Gasteiger partial charge < -0.3 is 0 Å². The van der Waals surface area contributed by atoms with Crippen LogP contribution in [-0.2, 0) is 10.8 Å². The molecule has 14 rings (SSSR count). The van der Waals surface area contributed by atoms with Crippen molar-refractivity contribution < 1.29 is 0 Å². The number of anilines is 2. The number of rotatable bonds is 10. The predicted octanol–water partition coefficient (Wildman–Crippen LogP) is 19.9. The first-order valence-corrected chi connectivity index (χ1v) is 29.0. The molecule has 84 heavy (non-hydrogen) atoms. The molecule has 1 aliphatic carbocycles. The van der Waals surface area contributed by atoms with E-state index in [0.717, 1.165) is 89.9 Å². The van der Waals surface area contributed by atoms with Crippen LogP contribution in [0.1, 0.15) is 75.4 Å². The Balaban J connectivity index is 0.937. The second kappa shape index (κ2) is 21.0. The van der Waals surface area contributed by atoms with Gasteiger partial charge in [0, 0.05) is 44.2 Å². The van der Waals surface area contributed by atoms with Crippen LogP contribution >= 0.6 is 0 Å². The van der Waals surface area contributed by atoms with Gasteiger partial charge in [0.15, 0.2) is 11.6 Å². The quantitative estimate of drug-likeness (QED) is 0.101. The van der Waals surface area contributed by atoms with Crippen LogP contribution in [-0.4, -0.2) is 25.8 Å². The Morgan fingerprint density at radius 3 is 1.26 bits per heavy atom. The minimum absolute atomic E-state index is 0.0419. The van der Waals surface area contributed by atoms with E-state index in [0.29, 0.717) is 11.6 Å². The highest BCUT2D eigenvalue weighted by Gasteiger charge is 2.43. The van der Waals surface area contributed by atoms with Crippen LogP contribution in [0.15, 0.2) is 266 Å². The van der Waals surface area contributed by atoms with Crippen molar-refractivity contribution in [2.24, 2.45) is 4.99 Å². The molecule has 6 heteroatoms. The molecule has 6 nitrogen and oxygen atoms in total. The Kier molecular flexibility index (Phi) is 13.0. The van der Waals surface area contributed by atoms with Crippen LogP contribution in [0.25, 0.3) is 101 Å². The van der Waals surface area contributed by atoms with Crippen LogP contribution in [0, 0.1) is 0 Å². The molecular formula is C78H62N6. The van der Waals surface area contributed by atoms with E-state index < -0.39 is 0 Å². The number of aliphatic imine (C=N–C) groups is 1. The molecule has 10 aromatic carbocycles. The summed E-state index contributed by atoms with van der Waals surface area (Å²) >= 11 is 0. The van der Waals surface area contributed by atoms with Crippen LogP contribution in [0.4, 0.5) is 11.4 Å². The number of benzene rings is 10. The summed E-state index contributed by atoms with van der Waals surface area (Å²) < 4.78 is 0. The van der Waals surface area contributed by atoms with E-state index in [1.165, 1.54) is 44.6 Å². The summed E-state index contributed by atoms with van der Waals surface area (Å²) in [5.41, 5.74) is 24.2. The fourth-order valence-electron chi connectivity index (χ4n) is 12.7. The van der Waals surface area contributed by atoms with Gasteiger partial charge in [-0.1, -0.05) is 228 Å². The van der Waals surface area contributed by atoms with Crippen molar-refractivity contribution in [3.63, 3.8) is 0 Å². The van der Waals surface area contributed by atoms with E-state index in [4.69, 9.17) is 24.9 Å². The minimum atomic E-state index is -0.375. The van der Waals surface area contributed by atoms with Gasteiger partial charge in [-0.15, -0.1) is 0 Å². The monoisotopic (exact) mass is 1080 g/mol. The van der Waals surface area contributed by atoms with Gasteiger partial charge in [0.05, 0.1) is 40.2 Å². The minimum Gasteiger partial charge on any atom is -0.298 e. The maximum Gasteiger partial charge on any atom is 0.160 e. The summed E-state index contributed by atoms with van der Waals surface area (Å²) in [7, 11) is 0. The van der Waals surface area contributed by atoms with Gasteiger partial charge in [0.1, 0.15) is 5.84 Å². The number of hydrogen-bond donors (Lipinski definition) is 0. The lowest BCUT2D eigenvalue weighted by Crippen LogP contribution is -2.36. The largest absolute Gasteiger partial charge is 0.298 e. The highest BCUT2D eigenvalue weighted by atomic mass is 15.2. The van der Waals surface area contributed by atoms with Gasteiger partial charge in [-0.25, -0.2) is 19.9 Å². The van der Waals surface area contributed by atoms with E-state index in [1.54, 1.807) is 0 Å². The van der Waals surface area contributed by atoms with Gasteiger partial charge in [0.25, 0.3) is 0 Å². The molecule has 0 amide bonds. The van der Waals surface area contributed by atoms with E-state index >= 15 is 0 Å². The number of fused-ring (bicyclic) bond motifs is 5. The molecule has 12 aromatic rings. The maximum atomic E-state index is 5.47. The zero-order valence-corrected chi connectivity index (χ0v) is 48.1. The third kappa shape index (κ3) is 9.40. The van der Waals surface area contributed by atoms with Crippen molar-refractivity contribution in [3.05, 3.63) is 289 Å². The maximum absolute atomic E-state index is 5.47. The second-order valence-electron chi connectivity index (χ2n) is 23.3. The Morgan fingerprint density at radius 2 is 0.738 bits per heavy atom. The van der Waals surface area contributed by atoms with Gasteiger partial charge in [-0.3, -0.25) is 9.89 Å². The number of amidine groups is 1. The molecular weight excluding hydrogens is 1020 g/mol. The predicted molar refractivity (Wildman–Crippen MR) is 347 cm³/mol. The molecule has 0 N–H and O–H groups in total. The first-order chi connectivity index (χ1) is 40.9. The zero-order chi connectivity index (χ0) is 57.1. The standard InChI is InChI=1S/C78H62N6/c1-50(52-25-12-7-13-26-52)79-51(2)84-73-40-39-59(45-67(73)78(5,6)68-46-64-63-37-22-23-38-65(63)77(3,4)66(64)47-74(68)84)57-35-24-36-58(41-57)60-42-61(75-80-69(53-27-14-8-15-28-53)48-70(81-75)54-29-16-9-17-30-54)44-62(43-60)76-82-71(55-31-18-10-19-32-55)49-72(83-76)56-33-20-11-21-34-56/h7-50H,1-6H3/b79-51+/t50-/m0/s1. The van der Waals surface area contributed by atoms with Crippen LogP contribution in [0.3, 0.4) is 0 Å². The fourth-order valence-corrected chi connectivity index (χ4v) is 12.7. The lowest BCUT2D eigenvalue weighted by molar-refractivity contribution is 0.628. The molecule has 1 atom stereocenters. The molecule has 0 spiro atoms. The average molecular weight is 1080 g/mol. The van der Waals surface area contributed by atoms with Crippen molar-refractivity contribution in [2.75, 3.05) is 4.90 Å². The van der Waals surface area contributed by atoms with Gasteiger partial charge in [0.2, 0.25) is 0 Å². The summed E-state index contributed by atoms with van der Waals surface area (Å²) in [4.78, 5) is 29.3. The van der Waals surface area contributed by atoms with E-state index in [2.05, 4.69) is 283 Å². The smallest absolute Gasteiger partial charge is 0.160 e. The zero-order valence-electron chi connectivity index (χ0n) is 48.1. The van der Waals surface area contributed by atoms with E-state index in [9.17, 15) is 0 Å². The van der Waals surface area contributed by atoms with Crippen molar-refractivity contribution in [1.29, 1.82) is 0 Å².